The molecule has 0 aliphatic heterocycles. The van der Waals surface area contributed by atoms with Crippen molar-refractivity contribution in [2.75, 3.05) is 0 Å². The lowest BCUT2D eigenvalue weighted by molar-refractivity contribution is 0.418. The van der Waals surface area contributed by atoms with Crippen LogP contribution in [-0.4, -0.2) is 10.1 Å². The van der Waals surface area contributed by atoms with Crippen molar-refractivity contribution in [2.24, 2.45) is 5.73 Å². The van der Waals surface area contributed by atoms with Crippen molar-refractivity contribution in [3.63, 3.8) is 0 Å². The molecule has 1 aromatic heterocycles. The van der Waals surface area contributed by atoms with Gasteiger partial charge in [0.2, 0.25) is 0 Å². The Balaban J connectivity index is 2.42. The maximum absolute atomic E-state index is 5.68. The molecule has 16 heavy (non-hydrogen) atoms. The van der Waals surface area contributed by atoms with E-state index in [2.05, 4.69) is 16.2 Å². The predicted molar refractivity (Wildman–Crippen MR) is 61.8 cm³/mol. The van der Waals surface area contributed by atoms with E-state index in [4.69, 9.17) is 10.3 Å². The highest BCUT2D eigenvalue weighted by atomic mass is 16.5. The minimum Gasteiger partial charge on any atom is -0.334 e. The summed E-state index contributed by atoms with van der Waals surface area (Å²) in [5, 5.41) is 3.84. The van der Waals surface area contributed by atoms with Crippen molar-refractivity contribution in [2.45, 2.75) is 26.8 Å². The molecule has 84 valence electrons. The van der Waals surface area contributed by atoms with Gasteiger partial charge in [-0.15, -0.1) is 0 Å². The zero-order chi connectivity index (χ0) is 11.7. The Kier molecular flexibility index (Phi) is 2.75. The molecule has 1 heterocycles. The summed E-state index contributed by atoms with van der Waals surface area (Å²) >= 11 is 0. The molecule has 0 aliphatic rings. The number of benzene rings is 1. The molecular formula is C12H15N3O. The monoisotopic (exact) mass is 217 g/mol. The standard InChI is InChI=1S/C12H15N3O/c1-7-4-8(2)6-10(5-7)12-14-11(9(3)13)15-16-12/h4-6,9H,13H2,1-3H3. The molecule has 2 N–H and O–H groups in total. The molecule has 0 amide bonds. The number of aromatic nitrogens is 2. The molecule has 0 saturated heterocycles. The molecule has 0 fully saturated rings. The van der Waals surface area contributed by atoms with Crippen LogP contribution in [0.25, 0.3) is 11.5 Å². The Bertz CT molecular complexity index is 482. The van der Waals surface area contributed by atoms with Crippen LogP contribution in [0.3, 0.4) is 0 Å². The van der Waals surface area contributed by atoms with E-state index in [0.717, 1.165) is 5.56 Å². The molecule has 0 aliphatic carbocycles. The van der Waals surface area contributed by atoms with Crippen molar-refractivity contribution < 1.29 is 4.52 Å². The third kappa shape index (κ3) is 2.12. The third-order valence-electron chi connectivity index (χ3n) is 2.32. The lowest BCUT2D eigenvalue weighted by Crippen LogP contribution is -2.06. The zero-order valence-electron chi connectivity index (χ0n) is 9.69. The van der Waals surface area contributed by atoms with Crippen molar-refractivity contribution in [3.05, 3.63) is 35.2 Å². The highest BCUT2D eigenvalue weighted by molar-refractivity contribution is 5.55. The van der Waals surface area contributed by atoms with Gasteiger partial charge in [0.1, 0.15) is 0 Å². The van der Waals surface area contributed by atoms with Crippen molar-refractivity contribution >= 4 is 0 Å². The van der Waals surface area contributed by atoms with Crippen LogP contribution in [0, 0.1) is 13.8 Å². The Morgan fingerprint density at radius 1 is 1.19 bits per heavy atom. The van der Waals surface area contributed by atoms with Crippen LogP contribution in [0.4, 0.5) is 0 Å². The SMILES string of the molecule is Cc1cc(C)cc(-c2nc(C(C)N)no2)c1. The van der Waals surface area contributed by atoms with Gasteiger partial charge in [0, 0.05) is 5.56 Å². The summed E-state index contributed by atoms with van der Waals surface area (Å²) in [6.45, 7) is 5.91. The first-order valence-corrected chi connectivity index (χ1v) is 5.24. The van der Waals surface area contributed by atoms with Crippen LogP contribution in [0.2, 0.25) is 0 Å². The topological polar surface area (TPSA) is 64.9 Å². The van der Waals surface area contributed by atoms with Gasteiger partial charge >= 0.3 is 0 Å². The average molecular weight is 217 g/mol. The van der Waals surface area contributed by atoms with E-state index in [0.29, 0.717) is 11.7 Å². The van der Waals surface area contributed by atoms with E-state index >= 15 is 0 Å². The summed E-state index contributed by atoms with van der Waals surface area (Å²) < 4.78 is 5.18. The van der Waals surface area contributed by atoms with Gasteiger partial charge in [0.05, 0.1) is 6.04 Å². The Hall–Kier alpha value is -1.68. The van der Waals surface area contributed by atoms with E-state index in [-0.39, 0.29) is 6.04 Å². The first-order chi connectivity index (χ1) is 7.56. The van der Waals surface area contributed by atoms with Crippen LogP contribution in [0.5, 0.6) is 0 Å². The first-order valence-electron chi connectivity index (χ1n) is 5.24. The second-order valence-electron chi connectivity index (χ2n) is 4.12. The van der Waals surface area contributed by atoms with Gasteiger partial charge in [-0.2, -0.15) is 4.98 Å². The largest absolute Gasteiger partial charge is 0.334 e. The fourth-order valence-electron chi connectivity index (χ4n) is 1.64. The average Bonchev–Trinajstić information content (AvgIpc) is 2.64. The Morgan fingerprint density at radius 2 is 1.81 bits per heavy atom. The van der Waals surface area contributed by atoms with Gasteiger partial charge < -0.3 is 10.3 Å². The lowest BCUT2D eigenvalue weighted by Gasteiger charge is -1.99. The maximum Gasteiger partial charge on any atom is 0.257 e. The summed E-state index contributed by atoms with van der Waals surface area (Å²) in [6.07, 6.45) is 0. The number of aryl methyl sites for hydroxylation is 2. The van der Waals surface area contributed by atoms with Gasteiger partial charge in [-0.25, -0.2) is 0 Å². The molecule has 1 aromatic carbocycles. The smallest absolute Gasteiger partial charge is 0.257 e. The van der Waals surface area contributed by atoms with Gasteiger partial charge in [0.25, 0.3) is 5.89 Å². The molecule has 4 heteroatoms. The molecular weight excluding hydrogens is 202 g/mol. The Labute approximate surface area is 94.5 Å². The van der Waals surface area contributed by atoms with E-state index in [1.54, 1.807) is 0 Å². The molecule has 0 spiro atoms. The predicted octanol–water partition coefficient (Wildman–Crippen LogP) is 2.37. The quantitative estimate of drug-likeness (QED) is 0.838. The van der Waals surface area contributed by atoms with Crippen LogP contribution < -0.4 is 5.73 Å². The van der Waals surface area contributed by atoms with Crippen LogP contribution in [0.15, 0.2) is 22.7 Å². The number of hydrogen-bond donors (Lipinski definition) is 1. The van der Waals surface area contributed by atoms with E-state index < -0.39 is 0 Å². The highest BCUT2D eigenvalue weighted by Gasteiger charge is 2.11. The lowest BCUT2D eigenvalue weighted by atomic mass is 10.1. The van der Waals surface area contributed by atoms with Gasteiger partial charge in [-0.3, -0.25) is 0 Å². The summed E-state index contributed by atoms with van der Waals surface area (Å²) in [5.74, 6) is 1.06. The first kappa shape index (κ1) is 10.8. The van der Waals surface area contributed by atoms with Gasteiger partial charge in [-0.1, -0.05) is 22.3 Å². The molecule has 2 rings (SSSR count). The molecule has 1 unspecified atom stereocenters. The molecule has 0 bridgehead atoms. The second-order valence-corrected chi connectivity index (χ2v) is 4.12. The summed E-state index contributed by atoms with van der Waals surface area (Å²) in [6, 6.07) is 5.94. The zero-order valence-corrected chi connectivity index (χ0v) is 9.69. The summed E-state index contributed by atoms with van der Waals surface area (Å²) in [4.78, 5) is 4.26. The third-order valence-corrected chi connectivity index (χ3v) is 2.32. The molecule has 4 nitrogen and oxygen atoms in total. The van der Waals surface area contributed by atoms with Crippen LogP contribution >= 0.6 is 0 Å². The van der Waals surface area contributed by atoms with E-state index in [1.165, 1.54) is 11.1 Å². The number of nitrogens with two attached hydrogens (primary N) is 1. The molecule has 0 saturated carbocycles. The molecule has 2 aromatic rings. The van der Waals surface area contributed by atoms with E-state index in [1.807, 2.05) is 32.9 Å². The maximum atomic E-state index is 5.68. The summed E-state index contributed by atoms with van der Waals surface area (Å²) in [5.41, 5.74) is 8.97. The van der Waals surface area contributed by atoms with Gasteiger partial charge in [0.15, 0.2) is 5.82 Å². The van der Waals surface area contributed by atoms with Crippen molar-refractivity contribution in [1.82, 2.24) is 10.1 Å². The van der Waals surface area contributed by atoms with Crippen molar-refractivity contribution in [1.29, 1.82) is 0 Å². The Morgan fingerprint density at radius 3 is 2.31 bits per heavy atom. The van der Waals surface area contributed by atoms with E-state index in [9.17, 15) is 0 Å². The van der Waals surface area contributed by atoms with Gasteiger partial charge in [-0.05, 0) is 32.9 Å². The number of hydrogen-bond acceptors (Lipinski definition) is 4. The van der Waals surface area contributed by atoms with Crippen LogP contribution in [0.1, 0.15) is 29.9 Å². The van der Waals surface area contributed by atoms with Crippen LogP contribution in [-0.2, 0) is 0 Å². The number of nitrogens with zero attached hydrogens (tertiary/aromatic N) is 2. The normalized spacial score (nSPS) is 12.8. The molecule has 0 radical (unpaired) electrons. The molecule has 1 atom stereocenters. The minimum absolute atomic E-state index is 0.205. The van der Waals surface area contributed by atoms with Crippen molar-refractivity contribution in [3.8, 4) is 11.5 Å². The highest BCUT2D eigenvalue weighted by Crippen LogP contribution is 2.21. The fourth-order valence-corrected chi connectivity index (χ4v) is 1.64. The summed E-state index contributed by atoms with van der Waals surface area (Å²) in [7, 11) is 0. The number of rotatable bonds is 2. The second kappa shape index (κ2) is 4.06. The fraction of sp³-hybridized carbons (Fsp3) is 0.333. The minimum atomic E-state index is -0.205.